The first-order valence-electron chi connectivity index (χ1n) is 16.7. The second-order valence-electron chi connectivity index (χ2n) is 13.1. The lowest BCUT2D eigenvalue weighted by Gasteiger charge is -2.54. The van der Waals surface area contributed by atoms with Crippen molar-refractivity contribution >= 4 is 35.3 Å². The number of anilines is 4. The van der Waals surface area contributed by atoms with Gasteiger partial charge in [0, 0.05) is 56.6 Å². The second kappa shape index (κ2) is 12.0. The first-order chi connectivity index (χ1) is 21.1. The fourth-order valence-electron chi connectivity index (χ4n) is 8.35. The first-order valence-corrected chi connectivity index (χ1v) is 16.7. The number of amides is 1. The Morgan fingerprint density at radius 1 is 1.02 bits per heavy atom. The van der Waals surface area contributed by atoms with E-state index in [0.717, 1.165) is 62.3 Å². The van der Waals surface area contributed by atoms with Crippen molar-refractivity contribution < 1.29 is 4.79 Å². The topological polar surface area (TPSA) is 92.8 Å². The summed E-state index contributed by atoms with van der Waals surface area (Å²) < 4.78 is 0. The van der Waals surface area contributed by atoms with Crippen LogP contribution in [0.5, 0.6) is 0 Å². The van der Waals surface area contributed by atoms with Crippen LogP contribution in [0.25, 0.3) is 6.08 Å². The highest BCUT2D eigenvalue weighted by Crippen LogP contribution is 2.43. The Hall–Kier alpha value is -3.24. The fourth-order valence-corrected chi connectivity index (χ4v) is 8.35. The molecular formula is C33H47N9O. The van der Waals surface area contributed by atoms with E-state index in [1.165, 1.54) is 57.3 Å². The number of fused-ring (bicyclic) bond motifs is 4. The number of likely N-dealkylation sites (N-methyl/N-ethyl adjacent to an activating group) is 1. The second-order valence-corrected chi connectivity index (χ2v) is 13.1. The molecule has 1 amide bonds. The summed E-state index contributed by atoms with van der Waals surface area (Å²) in [5.41, 5.74) is 2.05. The summed E-state index contributed by atoms with van der Waals surface area (Å²) >= 11 is 0. The monoisotopic (exact) mass is 585 g/mol. The standard InChI is InChI=1S/C33H47N9O/c1-3-39(4-2)27-14-19-41(22-27)25-12-17-40(18-13-25)26-9-11-29(34-21-26)37-32-35-20-24-8-10-28-31(43)36-23-33(15-6-5-7-16-33)42(28)30(24)38-32/h8-11,20-21,25,27-28H,3-7,12-19,22-23H2,1-2H3,(H,36,43)(H,34,35,37,38). The SMILES string of the molecule is CCN(CC)C1CCN(C2CCN(c3ccc(Nc4ncc5c(n4)N4C(C=C5)C(=O)NCC45CCCCC5)nc3)CC2)C1. The largest absolute Gasteiger partial charge is 0.370 e. The van der Waals surface area contributed by atoms with E-state index in [1.807, 2.05) is 30.6 Å². The third kappa shape index (κ3) is 5.48. The first kappa shape index (κ1) is 28.5. The van der Waals surface area contributed by atoms with Gasteiger partial charge in [0.2, 0.25) is 11.9 Å². The molecule has 2 aromatic heterocycles. The van der Waals surface area contributed by atoms with Crippen molar-refractivity contribution in [2.24, 2.45) is 0 Å². The lowest BCUT2D eigenvalue weighted by atomic mass is 9.77. The van der Waals surface area contributed by atoms with E-state index < -0.39 is 0 Å². The Morgan fingerprint density at radius 2 is 1.84 bits per heavy atom. The quantitative estimate of drug-likeness (QED) is 0.500. The van der Waals surface area contributed by atoms with E-state index in [1.54, 1.807) is 0 Å². The average Bonchev–Trinajstić information content (AvgIpc) is 3.54. The molecule has 4 fully saturated rings. The maximum atomic E-state index is 12.9. The van der Waals surface area contributed by atoms with Crippen molar-refractivity contribution in [1.82, 2.24) is 30.1 Å². The molecule has 1 saturated carbocycles. The van der Waals surface area contributed by atoms with Crippen LogP contribution in [0.3, 0.4) is 0 Å². The molecule has 6 heterocycles. The maximum absolute atomic E-state index is 12.9. The summed E-state index contributed by atoms with van der Waals surface area (Å²) in [6.07, 6.45) is 17.3. The smallest absolute Gasteiger partial charge is 0.246 e. The molecule has 2 aromatic rings. The lowest BCUT2D eigenvalue weighted by molar-refractivity contribution is -0.123. The Bertz CT molecular complexity index is 1310. The van der Waals surface area contributed by atoms with E-state index in [2.05, 4.69) is 55.1 Å². The van der Waals surface area contributed by atoms with Gasteiger partial charge in [0.05, 0.1) is 17.4 Å². The number of carbonyl (C=O) groups excluding carboxylic acids is 1. The Labute approximate surface area is 255 Å². The summed E-state index contributed by atoms with van der Waals surface area (Å²) in [6.45, 7) is 12.2. The zero-order valence-electron chi connectivity index (χ0n) is 25.8. The molecule has 2 atom stereocenters. The van der Waals surface area contributed by atoms with Gasteiger partial charge in [-0.1, -0.05) is 45.3 Å². The summed E-state index contributed by atoms with van der Waals surface area (Å²) in [6, 6.07) is 5.28. The molecule has 4 aliphatic heterocycles. The minimum atomic E-state index is -0.321. The number of pyridine rings is 1. The number of hydrogen-bond donors (Lipinski definition) is 2. The summed E-state index contributed by atoms with van der Waals surface area (Å²) in [7, 11) is 0. The van der Waals surface area contributed by atoms with Crippen LogP contribution in [0.15, 0.2) is 30.6 Å². The van der Waals surface area contributed by atoms with Crippen molar-refractivity contribution in [3.63, 3.8) is 0 Å². The summed E-state index contributed by atoms with van der Waals surface area (Å²) in [5, 5.41) is 6.51. The van der Waals surface area contributed by atoms with Gasteiger partial charge in [-0.25, -0.2) is 9.97 Å². The van der Waals surface area contributed by atoms with Crippen LogP contribution in [0.2, 0.25) is 0 Å². The fraction of sp³-hybridized carbons (Fsp3) is 0.636. The van der Waals surface area contributed by atoms with Crippen LogP contribution < -0.4 is 20.4 Å². The van der Waals surface area contributed by atoms with Gasteiger partial charge in [-0.05, 0) is 57.3 Å². The Morgan fingerprint density at radius 3 is 2.58 bits per heavy atom. The molecule has 1 aliphatic carbocycles. The molecule has 2 N–H and O–H groups in total. The van der Waals surface area contributed by atoms with Crippen LogP contribution in [-0.2, 0) is 4.79 Å². The molecule has 7 rings (SSSR count). The third-order valence-electron chi connectivity index (χ3n) is 10.8. The molecule has 10 nitrogen and oxygen atoms in total. The zero-order chi connectivity index (χ0) is 29.4. The van der Waals surface area contributed by atoms with Gasteiger partial charge in [-0.3, -0.25) is 14.6 Å². The van der Waals surface area contributed by atoms with Gasteiger partial charge in [0.15, 0.2) is 0 Å². The number of hydrogen-bond acceptors (Lipinski definition) is 9. The van der Waals surface area contributed by atoms with Crippen molar-refractivity contribution in [1.29, 1.82) is 0 Å². The van der Waals surface area contributed by atoms with Crippen LogP contribution >= 0.6 is 0 Å². The van der Waals surface area contributed by atoms with Crippen molar-refractivity contribution in [2.45, 2.75) is 88.9 Å². The Balaban J connectivity index is 0.996. The molecule has 5 aliphatic rings. The van der Waals surface area contributed by atoms with Gasteiger partial charge in [0.1, 0.15) is 17.7 Å². The zero-order valence-corrected chi connectivity index (χ0v) is 25.8. The van der Waals surface area contributed by atoms with Crippen LogP contribution in [0, 0.1) is 0 Å². The molecule has 0 bridgehead atoms. The molecule has 43 heavy (non-hydrogen) atoms. The number of likely N-dealkylation sites (tertiary alicyclic amines) is 1. The molecule has 0 aromatic carbocycles. The molecule has 0 radical (unpaired) electrons. The van der Waals surface area contributed by atoms with Crippen molar-refractivity contribution in [3.8, 4) is 0 Å². The number of piperazine rings is 1. The number of nitrogens with one attached hydrogen (secondary N) is 2. The number of aromatic nitrogens is 3. The predicted octanol–water partition coefficient (Wildman–Crippen LogP) is 4.03. The lowest BCUT2D eigenvalue weighted by Crippen LogP contribution is -2.69. The van der Waals surface area contributed by atoms with Crippen molar-refractivity contribution in [3.05, 3.63) is 36.2 Å². The van der Waals surface area contributed by atoms with Crippen LogP contribution in [0.1, 0.15) is 70.8 Å². The Kier molecular flexibility index (Phi) is 7.98. The molecular weight excluding hydrogens is 538 g/mol. The van der Waals surface area contributed by atoms with Gasteiger partial charge < -0.3 is 20.4 Å². The molecule has 2 unspecified atom stereocenters. The summed E-state index contributed by atoms with van der Waals surface area (Å²) in [5.74, 6) is 2.14. The van der Waals surface area contributed by atoms with E-state index in [4.69, 9.17) is 9.97 Å². The van der Waals surface area contributed by atoms with Gasteiger partial charge in [0.25, 0.3) is 0 Å². The average molecular weight is 586 g/mol. The molecule has 230 valence electrons. The normalized spacial score (nSPS) is 25.6. The van der Waals surface area contributed by atoms with Gasteiger partial charge in [-0.15, -0.1) is 0 Å². The third-order valence-corrected chi connectivity index (χ3v) is 10.8. The van der Waals surface area contributed by atoms with Gasteiger partial charge in [-0.2, -0.15) is 4.98 Å². The molecule has 10 heteroatoms. The number of nitrogens with zero attached hydrogens (tertiary/aromatic N) is 7. The number of rotatable bonds is 7. The predicted molar refractivity (Wildman–Crippen MR) is 172 cm³/mol. The minimum absolute atomic E-state index is 0.0526. The minimum Gasteiger partial charge on any atom is -0.370 e. The highest BCUT2D eigenvalue weighted by atomic mass is 16.2. The van der Waals surface area contributed by atoms with E-state index >= 15 is 0 Å². The summed E-state index contributed by atoms with van der Waals surface area (Å²) in [4.78, 5) is 37.3. The number of carbonyl (C=O) groups is 1. The molecule has 3 saturated heterocycles. The highest BCUT2D eigenvalue weighted by molar-refractivity contribution is 5.93. The van der Waals surface area contributed by atoms with Gasteiger partial charge >= 0.3 is 0 Å². The number of piperidine rings is 1. The highest BCUT2D eigenvalue weighted by Gasteiger charge is 2.49. The maximum Gasteiger partial charge on any atom is 0.246 e. The molecule has 1 spiro atoms. The van der Waals surface area contributed by atoms with E-state index in [9.17, 15) is 4.79 Å². The van der Waals surface area contributed by atoms with Crippen LogP contribution in [0.4, 0.5) is 23.3 Å². The van der Waals surface area contributed by atoms with E-state index in [0.29, 0.717) is 18.5 Å². The van der Waals surface area contributed by atoms with Crippen LogP contribution in [-0.4, -0.2) is 100 Å². The van der Waals surface area contributed by atoms with E-state index in [-0.39, 0.29) is 17.5 Å². The van der Waals surface area contributed by atoms with Crippen molar-refractivity contribution in [2.75, 3.05) is 60.9 Å².